The molecule has 0 aromatic rings. The fraction of sp³-hybridized carbons (Fsp3) is 0.654. The molecule has 2 fully saturated rings. The van der Waals surface area contributed by atoms with Crippen molar-refractivity contribution < 1.29 is 41.8 Å². The largest absolute Gasteiger partial charge is 0.455 e. The van der Waals surface area contributed by atoms with Gasteiger partial charge in [0.05, 0.1) is 12.2 Å². The summed E-state index contributed by atoms with van der Waals surface area (Å²) in [4.78, 5) is 17.3. The van der Waals surface area contributed by atoms with Crippen LogP contribution in [0.15, 0.2) is 47.1 Å². The number of aliphatic hydroxyl groups is 2. The molecule has 36 heavy (non-hydrogen) atoms. The molecule has 0 radical (unpaired) electrons. The monoisotopic (exact) mass is 519 g/mol. The number of aliphatic hydroxyl groups excluding tert-OH is 2. The molecule has 2 N–H and O–H groups in total. The van der Waals surface area contributed by atoms with E-state index in [1.807, 2.05) is 25.2 Å². The molecule has 0 aliphatic heterocycles. The molecular weight excluding hydrogens is 485 g/mol. The summed E-state index contributed by atoms with van der Waals surface area (Å²) < 4.78 is 65.3. The number of hydroxylamine groups is 2. The second-order valence-electron chi connectivity index (χ2n) is 10.3. The van der Waals surface area contributed by atoms with Gasteiger partial charge in [-0.3, -0.25) is 9.63 Å². The Balaban J connectivity index is 1.77. The van der Waals surface area contributed by atoms with Crippen LogP contribution in [0.1, 0.15) is 59.3 Å². The topological polar surface area (TPSA) is 70.0 Å². The molecule has 202 valence electrons. The van der Waals surface area contributed by atoms with E-state index in [1.54, 1.807) is 6.92 Å². The van der Waals surface area contributed by atoms with Crippen molar-refractivity contribution in [2.45, 2.75) is 89.7 Å². The average molecular weight is 520 g/mol. The van der Waals surface area contributed by atoms with Gasteiger partial charge in [0.1, 0.15) is 12.6 Å². The van der Waals surface area contributed by atoms with Gasteiger partial charge in [0.2, 0.25) is 5.91 Å². The molecule has 0 saturated heterocycles. The van der Waals surface area contributed by atoms with Crippen LogP contribution in [0.25, 0.3) is 0 Å². The number of hydrogen-bond donors (Lipinski definition) is 2. The minimum absolute atomic E-state index is 0.0678. The lowest BCUT2D eigenvalue weighted by atomic mass is 9.63. The van der Waals surface area contributed by atoms with Crippen molar-refractivity contribution >= 4 is 5.91 Å². The highest BCUT2D eigenvalue weighted by Crippen LogP contribution is 2.56. The van der Waals surface area contributed by atoms with Gasteiger partial charge in [-0.2, -0.15) is 22.0 Å². The molecule has 0 bridgehead atoms. The number of carbonyl (C=O) groups excluding carboxylic acids is 1. The van der Waals surface area contributed by atoms with Crippen molar-refractivity contribution in [3.05, 3.63) is 47.1 Å². The van der Waals surface area contributed by atoms with Crippen molar-refractivity contribution in [3.63, 3.8) is 0 Å². The van der Waals surface area contributed by atoms with E-state index in [9.17, 15) is 37.0 Å². The molecule has 3 rings (SSSR count). The number of rotatable bonds is 6. The van der Waals surface area contributed by atoms with E-state index < -0.39 is 48.3 Å². The van der Waals surface area contributed by atoms with E-state index in [1.165, 1.54) is 0 Å². The van der Waals surface area contributed by atoms with Crippen LogP contribution in [-0.2, 0) is 9.63 Å². The highest BCUT2D eigenvalue weighted by molar-refractivity contribution is 5.72. The van der Waals surface area contributed by atoms with Crippen LogP contribution >= 0.6 is 0 Å². The zero-order chi connectivity index (χ0) is 27.1. The van der Waals surface area contributed by atoms with Crippen molar-refractivity contribution in [1.29, 1.82) is 0 Å². The Bertz CT molecular complexity index is 970. The summed E-state index contributed by atoms with van der Waals surface area (Å²) >= 11 is 0. The Morgan fingerprint density at radius 1 is 1.31 bits per heavy atom. The van der Waals surface area contributed by atoms with Crippen molar-refractivity contribution in [1.82, 2.24) is 5.06 Å². The Labute approximate surface area is 207 Å². The number of hydrogen-bond acceptors (Lipinski definition) is 4. The van der Waals surface area contributed by atoms with Gasteiger partial charge in [-0.1, -0.05) is 37.3 Å². The maximum absolute atomic E-state index is 13.6. The molecule has 1 amide bonds. The van der Waals surface area contributed by atoms with Gasteiger partial charge in [0.15, 0.2) is 0 Å². The smallest absolute Gasteiger partial charge is 0.393 e. The zero-order valence-corrected chi connectivity index (χ0v) is 20.7. The average Bonchev–Trinajstić information content (AvgIpc) is 3.11. The van der Waals surface area contributed by atoms with Crippen LogP contribution in [-0.4, -0.2) is 58.1 Å². The number of halogens is 5. The number of allylic oxidation sites excluding steroid dienone is 4. The summed E-state index contributed by atoms with van der Waals surface area (Å²) in [7, 11) is 0. The fourth-order valence-electron chi connectivity index (χ4n) is 5.69. The highest BCUT2D eigenvalue weighted by Gasteiger charge is 2.59. The molecule has 3 aliphatic rings. The van der Waals surface area contributed by atoms with Crippen LogP contribution in [0, 0.1) is 11.3 Å². The maximum atomic E-state index is 13.6. The van der Waals surface area contributed by atoms with Gasteiger partial charge in [-0.15, -0.1) is 0 Å². The van der Waals surface area contributed by atoms with Crippen molar-refractivity contribution in [2.75, 3.05) is 6.54 Å². The third-order valence-electron chi connectivity index (χ3n) is 7.71. The normalized spacial score (nSPS) is 32.4. The molecule has 3 aliphatic carbocycles. The summed E-state index contributed by atoms with van der Waals surface area (Å²) in [5.41, 5.74) is 2.86. The van der Waals surface area contributed by atoms with E-state index in [0.717, 1.165) is 42.9 Å². The number of carbonyl (C=O) groups is 1. The summed E-state index contributed by atoms with van der Waals surface area (Å²) in [6, 6.07) is 0. The first-order chi connectivity index (χ1) is 16.6. The predicted molar refractivity (Wildman–Crippen MR) is 124 cm³/mol. The van der Waals surface area contributed by atoms with Crippen LogP contribution in [0.2, 0.25) is 0 Å². The van der Waals surface area contributed by atoms with Crippen LogP contribution in [0.5, 0.6) is 0 Å². The molecule has 0 aromatic heterocycles. The Morgan fingerprint density at radius 2 is 1.97 bits per heavy atom. The first-order valence-electron chi connectivity index (χ1n) is 12.1. The molecule has 5 atom stereocenters. The standard InChI is InChI=1S/C26H34F5NO4/c1-15-19(12-20(34)13-23(15)35)8-7-18-6-5-11-24(4)21(9-10-22(18)24)16(2)36-32(17(3)33)14-25(27,28)26(29,30)31/h7-9,16,20,22-23,34-35H,1,5-6,10-14H2,2-4H3/t16-,20+,22?,23-,24+/m0/s1. The predicted octanol–water partition coefficient (Wildman–Crippen LogP) is 5.41. The second kappa shape index (κ2) is 10.4. The van der Waals surface area contributed by atoms with E-state index >= 15 is 0 Å². The first kappa shape index (κ1) is 28.5. The van der Waals surface area contributed by atoms with Gasteiger partial charge >= 0.3 is 12.1 Å². The number of amides is 1. The number of fused-ring (bicyclic) bond motifs is 1. The van der Waals surface area contributed by atoms with Gasteiger partial charge in [-0.05, 0) is 67.1 Å². The van der Waals surface area contributed by atoms with Crippen LogP contribution in [0.3, 0.4) is 0 Å². The molecule has 5 nitrogen and oxygen atoms in total. The molecule has 2 saturated carbocycles. The van der Waals surface area contributed by atoms with E-state index in [4.69, 9.17) is 4.84 Å². The minimum atomic E-state index is -5.80. The molecule has 0 aromatic carbocycles. The molecular formula is C26H34F5NO4. The third-order valence-corrected chi connectivity index (χ3v) is 7.71. The summed E-state index contributed by atoms with van der Waals surface area (Å²) in [5, 5.41) is 20.2. The third kappa shape index (κ3) is 5.75. The Hall–Kier alpha value is -2.04. The summed E-state index contributed by atoms with van der Waals surface area (Å²) in [6.45, 7) is 6.47. The molecule has 0 spiro atoms. The van der Waals surface area contributed by atoms with Crippen molar-refractivity contribution in [3.8, 4) is 0 Å². The summed E-state index contributed by atoms with van der Waals surface area (Å²) in [5.74, 6) is -6.08. The van der Waals surface area contributed by atoms with Crippen LogP contribution in [0.4, 0.5) is 22.0 Å². The van der Waals surface area contributed by atoms with Crippen molar-refractivity contribution in [2.24, 2.45) is 11.3 Å². The lowest BCUT2D eigenvalue weighted by Crippen LogP contribution is -2.49. The summed E-state index contributed by atoms with van der Waals surface area (Å²) in [6.07, 6.45) is 1.41. The highest BCUT2D eigenvalue weighted by atomic mass is 19.4. The van der Waals surface area contributed by atoms with E-state index in [-0.39, 0.29) is 17.4 Å². The minimum Gasteiger partial charge on any atom is -0.393 e. The van der Waals surface area contributed by atoms with Gasteiger partial charge in [-0.25, -0.2) is 5.06 Å². The maximum Gasteiger partial charge on any atom is 0.455 e. The lowest BCUT2D eigenvalue weighted by Gasteiger charge is -2.43. The number of nitrogens with zero attached hydrogens (tertiary/aromatic N) is 1. The first-order valence-corrected chi connectivity index (χ1v) is 12.1. The quantitative estimate of drug-likeness (QED) is 0.280. The number of alkyl halides is 5. The van der Waals surface area contributed by atoms with Crippen LogP contribution < -0.4 is 0 Å². The molecule has 0 heterocycles. The second-order valence-corrected chi connectivity index (χ2v) is 10.3. The lowest BCUT2D eigenvalue weighted by molar-refractivity contribution is -0.308. The SMILES string of the molecule is C=C1C(=CC=C2CCC[C@]3(C)C([C@H](C)ON(CC(F)(F)C(F)(F)F)C(C)=O)=CCC23)C[C@@H](O)C[C@@H]1O. The fourth-order valence-corrected chi connectivity index (χ4v) is 5.69. The van der Waals surface area contributed by atoms with E-state index in [2.05, 4.69) is 6.58 Å². The zero-order valence-electron chi connectivity index (χ0n) is 20.7. The van der Waals surface area contributed by atoms with Gasteiger partial charge < -0.3 is 10.2 Å². The molecule has 10 heteroatoms. The molecule has 1 unspecified atom stereocenters. The van der Waals surface area contributed by atoms with Gasteiger partial charge in [0, 0.05) is 13.3 Å². The Kier molecular flexibility index (Phi) is 8.22. The van der Waals surface area contributed by atoms with Gasteiger partial charge in [0.25, 0.3) is 0 Å². The van der Waals surface area contributed by atoms with E-state index in [0.29, 0.717) is 18.4 Å². The Morgan fingerprint density at radius 3 is 2.58 bits per heavy atom.